The van der Waals surface area contributed by atoms with Crippen molar-refractivity contribution in [1.29, 1.82) is 0 Å². The summed E-state index contributed by atoms with van der Waals surface area (Å²) >= 11 is 0. The molecule has 2 aromatic rings. The Bertz CT molecular complexity index is 933. The Labute approximate surface area is 160 Å². The zero-order chi connectivity index (χ0) is 19.6. The quantitative estimate of drug-likeness (QED) is 0.873. The fourth-order valence-electron chi connectivity index (χ4n) is 3.18. The van der Waals surface area contributed by atoms with Gasteiger partial charge in [0.25, 0.3) is 5.91 Å². The van der Waals surface area contributed by atoms with Gasteiger partial charge in [0.05, 0.1) is 17.1 Å². The second-order valence-corrected chi connectivity index (χ2v) is 8.81. The third-order valence-corrected chi connectivity index (χ3v) is 6.34. The number of para-hydroxylation sites is 1. The third-order valence-electron chi connectivity index (χ3n) is 4.51. The molecule has 144 valence electrons. The molecule has 1 N–H and O–H groups in total. The summed E-state index contributed by atoms with van der Waals surface area (Å²) in [5.74, 6) is -0.343. The number of aryl methyl sites for hydroxylation is 1. The van der Waals surface area contributed by atoms with Crippen LogP contribution >= 0.6 is 0 Å². The molecule has 0 bridgehead atoms. The van der Waals surface area contributed by atoms with Crippen molar-refractivity contribution in [3.63, 3.8) is 0 Å². The number of anilines is 1. The van der Waals surface area contributed by atoms with E-state index in [2.05, 4.69) is 5.32 Å². The highest BCUT2D eigenvalue weighted by Crippen LogP contribution is 2.22. The summed E-state index contributed by atoms with van der Waals surface area (Å²) in [4.78, 5) is 12.7. The molecular weight excluding hydrogens is 364 g/mol. The molecule has 1 amide bonds. The molecule has 1 heterocycles. The van der Waals surface area contributed by atoms with Gasteiger partial charge in [0.2, 0.25) is 10.0 Å². The van der Waals surface area contributed by atoms with Crippen molar-refractivity contribution in [2.75, 3.05) is 18.4 Å². The highest BCUT2D eigenvalue weighted by molar-refractivity contribution is 7.89. The van der Waals surface area contributed by atoms with Gasteiger partial charge >= 0.3 is 0 Å². The molecule has 0 unspecified atom stereocenters. The number of amides is 1. The zero-order valence-corrected chi connectivity index (χ0v) is 16.5. The zero-order valence-electron chi connectivity index (χ0n) is 15.7. The van der Waals surface area contributed by atoms with E-state index in [1.165, 1.54) is 16.4 Å². The van der Waals surface area contributed by atoms with Gasteiger partial charge in [-0.3, -0.25) is 4.79 Å². The molecule has 1 aliphatic heterocycles. The SMILES string of the molecule is Cc1ccccc1NC(=O)c1cccc(S(=O)(=O)N2C[C@@H](C)O[C@@H](C)C2)c1. The minimum atomic E-state index is -3.69. The first kappa shape index (κ1) is 19.5. The molecule has 0 radical (unpaired) electrons. The van der Waals surface area contributed by atoms with E-state index in [9.17, 15) is 13.2 Å². The van der Waals surface area contributed by atoms with Crippen LogP contribution in [-0.2, 0) is 14.8 Å². The lowest BCUT2D eigenvalue weighted by molar-refractivity contribution is -0.0440. The van der Waals surface area contributed by atoms with Gasteiger partial charge in [0, 0.05) is 24.3 Å². The molecule has 2 aromatic carbocycles. The van der Waals surface area contributed by atoms with Gasteiger partial charge in [-0.2, -0.15) is 4.31 Å². The molecular formula is C20H24N2O4S. The summed E-state index contributed by atoms with van der Waals surface area (Å²) in [5, 5.41) is 2.83. The molecule has 27 heavy (non-hydrogen) atoms. The maximum atomic E-state index is 13.0. The standard InChI is InChI=1S/C20H24N2O4S/c1-14-7-4-5-10-19(14)21-20(23)17-8-6-9-18(11-17)27(24,25)22-12-15(2)26-16(3)13-22/h4-11,15-16H,12-13H2,1-3H3,(H,21,23)/t15-,16+. The maximum Gasteiger partial charge on any atom is 0.255 e. The largest absolute Gasteiger partial charge is 0.373 e. The fraction of sp³-hybridized carbons (Fsp3) is 0.350. The van der Waals surface area contributed by atoms with Crippen molar-refractivity contribution in [3.8, 4) is 0 Å². The van der Waals surface area contributed by atoms with Crippen molar-refractivity contribution in [1.82, 2.24) is 4.31 Å². The Hall–Kier alpha value is -2.22. The van der Waals surface area contributed by atoms with E-state index in [4.69, 9.17) is 4.74 Å². The van der Waals surface area contributed by atoms with E-state index in [0.717, 1.165) is 5.56 Å². The normalized spacial score (nSPS) is 21.0. The molecule has 3 rings (SSSR count). The van der Waals surface area contributed by atoms with Gasteiger partial charge in [0.15, 0.2) is 0 Å². The smallest absolute Gasteiger partial charge is 0.255 e. The van der Waals surface area contributed by atoms with E-state index in [1.807, 2.05) is 45.0 Å². The van der Waals surface area contributed by atoms with Crippen LogP contribution in [0.1, 0.15) is 29.8 Å². The predicted octanol–water partition coefficient (Wildman–Crippen LogP) is 3.05. The second kappa shape index (κ2) is 7.80. The Morgan fingerprint density at radius 3 is 2.41 bits per heavy atom. The number of hydrogen-bond acceptors (Lipinski definition) is 4. The summed E-state index contributed by atoms with van der Waals surface area (Å²) < 4.78 is 33.0. The molecule has 1 saturated heterocycles. The molecule has 7 heteroatoms. The highest BCUT2D eigenvalue weighted by atomic mass is 32.2. The Morgan fingerprint density at radius 1 is 1.07 bits per heavy atom. The maximum absolute atomic E-state index is 13.0. The first-order valence-corrected chi connectivity index (χ1v) is 10.3. The lowest BCUT2D eigenvalue weighted by Gasteiger charge is -2.34. The summed E-state index contributed by atoms with van der Waals surface area (Å²) in [7, 11) is -3.69. The predicted molar refractivity (Wildman–Crippen MR) is 104 cm³/mol. The molecule has 1 fully saturated rings. The lowest BCUT2D eigenvalue weighted by atomic mass is 10.1. The number of hydrogen-bond donors (Lipinski definition) is 1. The monoisotopic (exact) mass is 388 g/mol. The topological polar surface area (TPSA) is 75.7 Å². The van der Waals surface area contributed by atoms with E-state index in [-0.39, 0.29) is 23.0 Å². The third kappa shape index (κ3) is 4.37. The second-order valence-electron chi connectivity index (χ2n) is 6.88. The van der Waals surface area contributed by atoms with Crippen LogP contribution in [0.25, 0.3) is 0 Å². The fourth-order valence-corrected chi connectivity index (χ4v) is 4.82. The molecule has 1 aliphatic rings. The Morgan fingerprint density at radius 2 is 1.74 bits per heavy atom. The summed E-state index contributed by atoms with van der Waals surface area (Å²) in [6, 6.07) is 13.6. The first-order valence-electron chi connectivity index (χ1n) is 8.90. The van der Waals surface area contributed by atoms with Crippen molar-refractivity contribution in [2.24, 2.45) is 0 Å². The van der Waals surface area contributed by atoms with E-state index < -0.39 is 10.0 Å². The van der Waals surface area contributed by atoms with E-state index in [1.54, 1.807) is 12.1 Å². The number of nitrogens with zero attached hydrogens (tertiary/aromatic N) is 1. The number of sulfonamides is 1. The molecule has 0 aliphatic carbocycles. The number of nitrogens with one attached hydrogen (secondary N) is 1. The summed E-state index contributed by atoms with van der Waals surface area (Å²) in [6.45, 7) is 6.20. The van der Waals surface area contributed by atoms with Crippen LogP contribution in [0.4, 0.5) is 5.69 Å². The minimum absolute atomic E-state index is 0.112. The Kier molecular flexibility index (Phi) is 5.64. The van der Waals surface area contributed by atoms with Crippen LogP contribution < -0.4 is 5.32 Å². The van der Waals surface area contributed by atoms with Crippen molar-refractivity contribution in [3.05, 3.63) is 59.7 Å². The van der Waals surface area contributed by atoms with Crippen LogP contribution in [0.5, 0.6) is 0 Å². The molecule has 6 nitrogen and oxygen atoms in total. The van der Waals surface area contributed by atoms with Crippen molar-refractivity contribution < 1.29 is 17.9 Å². The first-order chi connectivity index (χ1) is 12.8. The number of carbonyl (C=O) groups is 1. The van der Waals surface area contributed by atoms with E-state index in [0.29, 0.717) is 24.3 Å². The number of ether oxygens (including phenoxy) is 1. The average Bonchev–Trinajstić information content (AvgIpc) is 2.63. The summed E-state index contributed by atoms with van der Waals surface area (Å²) in [6.07, 6.45) is -0.341. The van der Waals surface area contributed by atoms with Crippen molar-refractivity contribution >= 4 is 21.6 Å². The lowest BCUT2D eigenvalue weighted by Crippen LogP contribution is -2.48. The molecule has 2 atom stereocenters. The molecule has 0 aromatic heterocycles. The number of benzene rings is 2. The van der Waals surface area contributed by atoms with Crippen LogP contribution in [-0.4, -0.2) is 43.9 Å². The average molecular weight is 388 g/mol. The van der Waals surface area contributed by atoms with Gasteiger partial charge in [-0.25, -0.2) is 8.42 Å². The molecule has 0 spiro atoms. The van der Waals surface area contributed by atoms with Crippen molar-refractivity contribution in [2.45, 2.75) is 37.9 Å². The van der Waals surface area contributed by atoms with Gasteiger partial charge in [-0.1, -0.05) is 24.3 Å². The van der Waals surface area contributed by atoms with Crippen LogP contribution in [0.2, 0.25) is 0 Å². The Balaban J connectivity index is 1.84. The highest BCUT2D eigenvalue weighted by Gasteiger charge is 2.32. The van der Waals surface area contributed by atoms with E-state index >= 15 is 0 Å². The van der Waals surface area contributed by atoms with Gasteiger partial charge in [-0.05, 0) is 50.6 Å². The van der Waals surface area contributed by atoms with Crippen LogP contribution in [0, 0.1) is 6.92 Å². The van der Waals surface area contributed by atoms with Crippen LogP contribution in [0.15, 0.2) is 53.4 Å². The van der Waals surface area contributed by atoms with Crippen LogP contribution in [0.3, 0.4) is 0 Å². The minimum Gasteiger partial charge on any atom is -0.373 e. The number of morpholine rings is 1. The number of rotatable bonds is 4. The van der Waals surface area contributed by atoms with Gasteiger partial charge < -0.3 is 10.1 Å². The van der Waals surface area contributed by atoms with Gasteiger partial charge in [-0.15, -0.1) is 0 Å². The molecule has 0 saturated carbocycles. The van der Waals surface area contributed by atoms with Gasteiger partial charge in [0.1, 0.15) is 0 Å². The summed E-state index contributed by atoms with van der Waals surface area (Å²) in [5.41, 5.74) is 1.94. The number of carbonyl (C=O) groups excluding carboxylic acids is 1.